The molecule has 0 radical (unpaired) electrons. The first-order valence-corrected chi connectivity index (χ1v) is 6.20. The molecule has 18 heavy (non-hydrogen) atoms. The Balaban J connectivity index is 2.14. The van der Waals surface area contributed by atoms with E-state index in [4.69, 9.17) is 0 Å². The van der Waals surface area contributed by atoms with Crippen LogP contribution >= 0.6 is 0 Å². The first-order valence-electron chi connectivity index (χ1n) is 6.20. The molecule has 1 aliphatic heterocycles. The molecule has 0 aromatic carbocycles. The predicted molar refractivity (Wildman–Crippen MR) is 67.1 cm³/mol. The summed E-state index contributed by atoms with van der Waals surface area (Å²) in [7, 11) is 0. The van der Waals surface area contributed by atoms with Crippen molar-refractivity contribution in [1.29, 1.82) is 0 Å². The summed E-state index contributed by atoms with van der Waals surface area (Å²) in [6.45, 7) is 3.76. The Kier molecular flexibility index (Phi) is 2.51. The van der Waals surface area contributed by atoms with Crippen molar-refractivity contribution >= 4 is 17.3 Å². The van der Waals surface area contributed by atoms with Crippen LogP contribution in [0.25, 0.3) is 5.70 Å². The van der Waals surface area contributed by atoms with Gasteiger partial charge in [-0.25, -0.2) is 0 Å². The summed E-state index contributed by atoms with van der Waals surface area (Å²) in [6, 6.07) is 3.48. The average Bonchev–Trinajstić information content (AvgIpc) is 2.87. The van der Waals surface area contributed by atoms with Crippen LogP contribution in [-0.2, 0) is 4.79 Å². The van der Waals surface area contributed by atoms with Crippen LogP contribution in [0.3, 0.4) is 0 Å². The van der Waals surface area contributed by atoms with Gasteiger partial charge in [-0.3, -0.25) is 14.6 Å². The van der Waals surface area contributed by atoms with Gasteiger partial charge in [-0.05, 0) is 31.9 Å². The van der Waals surface area contributed by atoms with Gasteiger partial charge in [0.1, 0.15) is 0 Å². The van der Waals surface area contributed by atoms with E-state index in [2.05, 4.69) is 9.88 Å². The van der Waals surface area contributed by atoms with E-state index in [1.807, 2.05) is 6.92 Å². The molecule has 4 nitrogen and oxygen atoms in total. The number of hydrogen-bond acceptors (Lipinski definition) is 4. The Morgan fingerprint density at radius 1 is 1.17 bits per heavy atom. The van der Waals surface area contributed by atoms with Crippen molar-refractivity contribution in [1.82, 2.24) is 9.88 Å². The highest BCUT2D eigenvalue weighted by Gasteiger charge is 2.30. The molecular weight excluding hydrogens is 228 g/mol. The Labute approximate surface area is 105 Å². The van der Waals surface area contributed by atoms with Crippen molar-refractivity contribution in [3.63, 3.8) is 0 Å². The normalized spacial score (nSPS) is 18.9. The Hall–Kier alpha value is -1.97. The van der Waals surface area contributed by atoms with Crippen LogP contribution in [0, 0.1) is 6.92 Å². The van der Waals surface area contributed by atoms with Gasteiger partial charge in [0.15, 0.2) is 0 Å². The van der Waals surface area contributed by atoms with Gasteiger partial charge in [0.05, 0.1) is 17.0 Å². The van der Waals surface area contributed by atoms with Crippen LogP contribution in [0.5, 0.6) is 0 Å². The van der Waals surface area contributed by atoms with Crippen LogP contribution in [-0.4, -0.2) is 34.5 Å². The van der Waals surface area contributed by atoms with Crippen LogP contribution in [0.4, 0.5) is 0 Å². The van der Waals surface area contributed by atoms with Crippen molar-refractivity contribution in [3.8, 4) is 0 Å². The van der Waals surface area contributed by atoms with Crippen LogP contribution in [0.1, 0.15) is 34.6 Å². The van der Waals surface area contributed by atoms with Gasteiger partial charge in [0, 0.05) is 24.9 Å². The van der Waals surface area contributed by atoms with Gasteiger partial charge < -0.3 is 4.90 Å². The third-order valence-corrected chi connectivity index (χ3v) is 3.46. The third kappa shape index (κ3) is 1.65. The number of carbonyl (C=O) groups excluding carboxylic acids is 2. The summed E-state index contributed by atoms with van der Waals surface area (Å²) in [6.07, 6.45) is 3.70. The van der Waals surface area contributed by atoms with Gasteiger partial charge in [0.25, 0.3) is 0 Å². The van der Waals surface area contributed by atoms with E-state index < -0.39 is 11.6 Å². The average molecular weight is 242 g/mol. The monoisotopic (exact) mass is 242 g/mol. The number of ketones is 2. The Morgan fingerprint density at radius 2 is 1.89 bits per heavy atom. The summed E-state index contributed by atoms with van der Waals surface area (Å²) >= 11 is 0. The zero-order chi connectivity index (χ0) is 12.7. The van der Waals surface area contributed by atoms with Crippen molar-refractivity contribution in [2.24, 2.45) is 0 Å². The lowest BCUT2D eigenvalue weighted by molar-refractivity contribution is -0.111. The van der Waals surface area contributed by atoms with Crippen LogP contribution in [0.15, 0.2) is 18.2 Å². The Morgan fingerprint density at radius 3 is 2.61 bits per heavy atom. The number of likely N-dealkylation sites (tertiary alicyclic amines) is 1. The maximum Gasteiger partial charge on any atom is 0.235 e. The van der Waals surface area contributed by atoms with Crippen molar-refractivity contribution in [2.75, 3.05) is 13.1 Å². The molecule has 0 amide bonds. The van der Waals surface area contributed by atoms with E-state index in [0.717, 1.165) is 37.3 Å². The molecule has 3 rings (SSSR count). The second kappa shape index (κ2) is 4.05. The Bertz CT molecular complexity index is 569. The predicted octanol–water partition coefficient (Wildman–Crippen LogP) is 1.59. The maximum absolute atomic E-state index is 11.8. The minimum atomic E-state index is -0.444. The molecule has 0 spiro atoms. The summed E-state index contributed by atoms with van der Waals surface area (Å²) in [4.78, 5) is 30.2. The number of aromatic nitrogens is 1. The molecule has 0 N–H and O–H groups in total. The number of Topliss-reactive ketones (excluding diaryl/α,β-unsaturated/α-hetero) is 1. The number of nitrogens with zero attached hydrogens (tertiary/aromatic N) is 2. The van der Waals surface area contributed by atoms with Gasteiger partial charge in [-0.15, -0.1) is 0 Å². The number of fused-ring (bicyclic) bond motifs is 1. The molecule has 2 aliphatic rings. The molecule has 0 unspecified atom stereocenters. The number of hydrogen-bond donors (Lipinski definition) is 0. The quantitative estimate of drug-likeness (QED) is 0.702. The van der Waals surface area contributed by atoms with Crippen LogP contribution < -0.4 is 0 Å². The standard InChI is InChI=1S/C14H14N2O2/c1-9-4-5-10-13(15-9)11(8-12(17)14(10)18)16-6-2-3-7-16/h4-5,8H,2-3,6-7H2,1H3. The van der Waals surface area contributed by atoms with E-state index >= 15 is 0 Å². The molecule has 0 atom stereocenters. The number of allylic oxidation sites excluding steroid dienone is 1. The van der Waals surface area contributed by atoms with Crippen molar-refractivity contribution in [3.05, 3.63) is 35.2 Å². The zero-order valence-corrected chi connectivity index (χ0v) is 10.3. The second-order valence-corrected chi connectivity index (χ2v) is 4.77. The molecule has 2 heterocycles. The summed E-state index contributed by atoms with van der Waals surface area (Å²) in [5.41, 5.74) is 2.79. The molecule has 1 aliphatic carbocycles. The van der Waals surface area contributed by atoms with Crippen LogP contribution in [0.2, 0.25) is 0 Å². The fourth-order valence-corrected chi connectivity index (χ4v) is 2.53. The van der Waals surface area contributed by atoms with Gasteiger partial charge >= 0.3 is 0 Å². The summed E-state index contributed by atoms with van der Waals surface area (Å²) in [5, 5.41) is 0. The first-order chi connectivity index (χ1) is 8.66. The van der Waals surface area contributed by atoms with E-state index in [1.54, 1.807) is 12.1 Å². The molecule has 1 fully saturated rings. The lowest BCUT2D eigenvalue weighted by atomic mass is 9.96. The third-order valence-electron chi connectivity index (χ3n) is 3.46. The van der Waals surface area contributed by atoms with Gasteiger partial charge in [-0.1, -0.05) is 0 Å². The van der Waals surface area contributed by atoms with E-state index in [9.17, 15) is 9.59 Å². The SMILES string of the molecule is Cc1ccc2c(n1)C(N1CCCC1)=CC(=O)C2=O. The number of carbonyl (C=O) groups is 2. The zero-order valence-electron chi connectivity index (χ0n) is 10.3. The summed E-state index contributed by atoms with van der Waals surface area (Å²) < 4.78 is 0. The van der Waals surface area contributed by atoms with Gasteiger partial charge in [0.2, 0.25) is 11.6 Å². The first kappa shape index (κ1) is 11.1. The molecular formula is C14H14N2O2. The minimum Gasteiger partial charge on any atom is -0.370 e. The fourth-order valence-electron chi connectivity index (χ4n) is 2.53. The molecule has 0 bridgehead atoms. The van der Waals surface area contributed by atoms with Crippen molar-refractivity contribution < 1.29 is 9.59 Å². The maximum atomic E-state index is 11.8. The molecule has 0 saturated carbocycles. The lowest BCUT2D eigenvalue weighted by Crippen LogP contribution is -2.27. The van der Waals surface area contributed by atoms with Crippen molar-refractivity contribution in [2.45, 2.75) is 19.8 Å². The number of pyridine rings is 1. The second-order valence-electron chi connectivity index (χ2n) is 4.77. The molecule has 4 heteroatoms. The van der Waals surface area contributed by atoms with E-state index in [1.165, 1.54) is 6.08 Å². The smallest absolute Gasteiger partial charge is 0.235 e. The van der Waals surface area contributed by atoms with E-state index in [-0.39, 0.29) is 0 Å². The summed E-state index contributed by atoms with van der Waals surface area (Å²) in [5.74, 6) is -0.879. The van der Waals surface area contributed by atoms with Gasteiger partial charge in [-0.2, -0.15) is 0 Å². The lowest BCUT2D eigenvalue weighted by Gasteiger charge is -2.24. The van der Waals surface area contributed by atoms with E-state index in [0.29, 0.717) is 11.3 Å². The molecule has 1 saturated heterocycles. The highest BCUT2D eigenvalue weighted by molar-refractivity contribution is 6.50. The molecule has 1 aromatic heterocycles. The topological polar surface area (TPSA) is 50.3 Å². The highest BCUT2D eigenvalue weighted by atomic mass is 16.2. The molecule has 92 valence electrons. The minimum absolute atomic E-state index is 0.435. The number of rotatable bonds is 1. The number of aryl methyl sites for hydroxylation is 1. The fraction of sp³-hybridized carbons (Fsp3) is 0.357. The highest BCUT2D eigenvalue weighted by Crippen LogP contribution is 2.29. The largest absolute Gasteiger partial charge is 0.370 e. The molecule has 1 aromatic rings.